The van der Waals surface area contributed by atoms with E-state index < -0.39 is 48.3 Å². The molecular formula is C32H36F6N2O4. The average Bonchev–Trinajstić information content (AvgIpc) is 3.72. The predicted molar refractivity (Wildman–Crippen MR) is 150 cm³/mol. The molecule has 2 amide bonds. The van der Waals surface area contributed by atoms with Crippen LogP contribution in [0.4, 0.5) is 41.6 Å². The molecule has 3 aliphatic rings. The maximum Gasteiger partial charge on any atom is 0.416 e. The highest BCUT2D eigenvalue weighted by Crippen LogP contribution is 2.50. The zero-order valence-electron chi connectivity index (χ0n) is 24.9. The quantitative estimate of drug-likeness (QED) is 0.288. The van der Waals surface area contributed by atoms with Crippen molar-refractivity contribution in [3.8, 4) is 0 Å². The summed E-state index contributed by atoms with van der Waals surface area (Å²) in [6, 6.07) is 4.05. The van der Waals surface area contributed by atoms with Crippen molar-refractivity contribution in [3.05, 3.63) is 63.7 Å². The molecule has 240 valence electrons. The van der Waals surface area contributed by atoms with Gasteiger partial charge in [-0.05, 0) is 104 Å². The fraction of sp³-hybridized carbons (Fsp3) is 0.562. The number of methoxy groups -OCH3 is 1. The van der Waals surface area contributed by atoms with E-state index in [9.17, 15) is 35.9 Å². The number of alkyl halides is 6. The maximum atomic E-state index is 13.7. The van der Waals surface area contributed by atoms with Gasteiger partial charge in [0.15, 0.2) is 0 Å². The number of anilines is 1. The van der Waals surface area contributed by atoms with Crippen LogP contribution in [0.2, 0.25) is 0 Å². The van der Waals surface area contributed by atoms with Crippen molar-refractivity contribution in [3.63, 3.8) is 0 Å². The molecule has 1 saturated carbocycles. The Labute approximate surface area is 252 Å². The Morgan fingerprint density at radius 2 is 1.52 bits per heavy atom. The normalized spacial score (nSPS) is 19.9. The molecule has 1 fully saturated rings. The summed E-state index contributed by atoms with van der Waals surface area (Å²) in [5.74, 6) is 0.109. The standard InChI is InChI=1S/C32H36F6N2O4/c1-4-24(5-2)44-30(42)40-26(19-9-10-19)16-27(25-13-20-7-6-8-21(20)14-28(25)40)39(29(41)43-3)17-18-11-22(31(33,34)35)15-23(12-18)32(36,37)38/h11-15,19,24,26-27H,4-10,16-17H2,1-3H3/t26-,27-/m1/s1. The molecule has 0 aromatic heterocycles. The smallest absolute Gasteiger partial charge is 0.416 e. The first-order valence-corrected chi connectivity index (χ1v) is 15.0. The van der Waals surface area contributed by atoms with Crippen molar-refractivity contribution in [1.29, 1.82) is 0 Å². The third-order valence-corrected chi connectivity index (χ3v) is 8.98. The molecule has 5 rings (SSSR count). The number of rotatable bonds is 7. The lowest BCUT2D eigenvalue weighted by molar-refractivity contribution is -0.143. The third kappa shape index (κ3) is 6.49. The second kappa shape index (κ2) is 12.2. The van der Waals surface area contributed by atoms with Gasteiger partial charge in [-0.15, -0.1) is 0 Å². The lowest BCUT2D eigenvalue weighted by Crippen LogP contribution is -2.50. The fourth-order valence-corrected chi connectivity index (χ4v) is 6.54. The Morgan fingerprint density at radius 1 is 0.932 bits per heavy atom. The van der Waals surface area contributed by atoms with Crippen LogP contribution in [0.3, 0.4) is 0 Å². The lowest BCUT2D eigenvalue weighted by atomic mass is 9.86. The van der Waals surface area contributed by atoms with E-state index in [0.29, 0.717) is 36.2 Å². The molecular weight excluding hydrogens is 590 g/mol. The Balaban J connectivity index is 1.61. The topological polar surface area (TPSA) is 59.1 Å². The van der Waals surface area contributed by atoms with Crippen LogP contribution in [0.15, 0.2) is 30.3 Å². The number of hydrogen-bond acceptors (Lipinski definition) is 4. The molecule has 0 spiro atoms. The molecule has 2 atom stereocenters. The van der Waals surface area contributed by atoms with E-state index in [1.807, 2.05) is 26.0 Å². The molecule has 0 unspecified atom stereocenters. The molecule has 2 aromatic rings. The molecule has 6 nitrogen and oxygen atoms in total. The molecule has 1 aliphatic heterocycles. The summed E-state index contributed by atoms with van der Waals surface area (Å²) in [5, 5.41) is 0. The van der Waals surface area contributed by atoms with E-state index in [4.69, 9.17) is 9.47 Å². The van der Waals surface area contributed by atoms with Crippen molar-refractivity contribution >= 4 is 17.9 Å². The van der Waals surface area contributed by atoms with Gasteiger partial charge in [0.2, 0.25) is 0 Å². The first kappa shape index (κ1) is 32.0. The van der Waals surface area contributed by atoms with Gasteiger partial charge in [-0.25, -0.2) is 9.59 Å². The molecule has 0 N–H and O–H groups in total. The summed E-state index contributed by atoms with van der Waals surface area (Å²) in [7, 11) is 1.12. The summed E-state index contributed by atoms with van der Waals surface area (Å²) >= 11 is 0. The second-order valence-corrected chi connectivity index (χ2v) is 11.9. The number of amides is 2. The number of nitrogens with zero attached hydrogens (tertiary/aromatic N) is 2. The van der Waals surface area contributed by atoms with E-state index in [0.717, 1.165) is 50.3 Å². The predicted octanol–water partition coefficient (Wildman–Crippen LogP) is 8.84. The lowest BCUT2D eigenvalue weighted by Gasteiger charge is -2.44. The van der Waals surface area contributed by atoms with Gasteiger partial charge < -0.3 is 9.47 Å². The number of hydrogen-bond donors (Lipinski definition) is 0. The number of fused-ring (bicyclic) bond motifs is 2. The van der Waals surface area contributed by atoms with Crippen molar-refractivity contribution in [2.45, 2.75) is 102 Å². The molecule has 12 heteroatoms. The molecule has 2 aliphatic carbocycles. The van der Waals surface area contributed by atoms with Crippen LogP contribution in [0.25, 0.3) is 0 Å². The molecule has 0 radical (unpaired) electrons. The minimum absolute atomic E-state index is 0.0671. The average molecular weight is 627 g/mol. The number of benzene rings is 2. The summed E-state index contributed by atoms with van der Waals surface area (Å²) in [4.78, 5) is 29.9. The minimum Gasteiger partial charge on any atom is -0.453 e. The van der Waals surface area contributed by atoms with Crippen LogP contribution in [0.1, 0.15) is 91.8 Å². The highest BCUT2D eigenvalue weighted by molar-refractivity contribution is 5.91. The molecule has 44 heavy (non-hydrogen) atoms. The summed E-state index contributed by atoms with van der Waals surface area (Å²) in [5.41, 5.74) is 0.00657. The van der Waals surface area contributed by atoms with Crippen LogP contribution < -0.4 is 4.90 Å². The van der Waals surface area contributed by atoms with Gasteiger partial charge in [0.05, 0.1) is 30.0 Å². The minimum atomic E-state index is -5.03. The number of carbonyl (C=O) groups excluding carboxylic acids is 2. The third-order valence-electron chi connectivity index (χ3n) is 8.98. The molecule has 0 saturated heterocycles. The van der Waals surface area contributed by atoms with E-state index in [1.165, 1.54) is 4.90 Å². The summed E-state index contributed by atoms with van der Waals surface area (Å²) in [6.07, 6.45) is -6.06. The Bertz CT molecular complexity index is 1370. The molecule has 1 heterocycles. The summed E-state index contributed by atoms with van der Waals surface area (Å²) < 4.78 is 92.9. The largest absolute Gasteiger partial charge is 0.453 e. The highest BCUT2D eigenvalue weighted by atomic mass is 19.4. The van der Waals surface area contributed by atoms with Crippen molar-refractivity contribution in [1.82, 2.24) is 4.90 Å². The maximum absolute atomic E-state index is 13.7. The second-order valence-electron chi connectivity index (χ2n) is 11.9. The SMILES string of the molecule is CCC(CC)OC(=O)N1c2cc3c(cc2[C@H](N(Cc2cc(C(F)(F)F)cc(C(F)(F)F)c2)C(=O)OC)C[C@@H]1C1CC1)CCC3. The molecule has 2 aromatic carbocycles. The van der Waals surface area contributed by atoms with E-state index in [2.05, 4.69) is 0 Å². The van der Waals surface area contributed by atoms with Gasteiger partial charge in [0, 0.05) is 12.6 Å². The van der Waals surface area contributed by atoms with Crippen molar-refractivity contribution in [2.24, 2.45) is 5.92 Å². The Kier molecular flexibility index (Phi) is 8.83. The Hall–Kier alpha value is -3.44. The van der Waals surface area contributed by atoms with Gasteiger partial charge in [-0.2, -0.15) is 26.3 Å². The summed E-state index contributed by atoms with van der Waals surface area (Å²) in [6.45, 7) is 3.30. The van der Waals surface area contributed by atoms with Crippen LogP contribution in [-0.2, 0) is 41.2 Å². The van der Waals surface area contributed by atoms with Gasteiger partial charge in [-0.3, -0.25) is 9.80 Å². The number of halogens is 6. The Morgan fingerprint density at radius 3 is 2.05 bits per heavy atom. The zero-order valence-corrected chi connectivity index (χ0v) is 24.9. The van der Waals surface area contributed by atoms with Gasteiger partial charge >= 0.3 is 24.5 Å². The number of carbonyl (C=O) groups is 2. The van der Waals surface area contributed by atoms with Crippen LogP contribution in [0.5, 0.6) is 0 Å². The zero-order chi connectivity index (χ0) is 32.0. The van der Waals surface area contributed by atoms with Gasteiger partial charge in [-0.1, -0.05) is 19.9 Å². The van der Waals surface area contributed by atoms with Crippen molar-refractivity contribution in [2.75, 3.05) is 12.0 Å². The van der Waals surface area contributed by atoms with Crippen LogP contribution in [-0.4, -0.2) is 36.3 Å². The van der Waals surface area contributed by atoms with Crippen LogP contribution >= 0.6 is 0 Å². The van der Waals surface area contributed by atoms with Gasteiger partial charge in [0.25, 0.3) is 0 Å². The van der Waals surface area contributed by atoms with E-state index >= 15 is 0 Å². The monoisotopic (exact) mass is 626 g/mol. The van der Waals surface area contributed by atoms with E-state index in [-0.39, 0.29) is 36.1 Å². The van der Waals surface area contributed by atoms with E-state index in [1.54, 1.807) is 4.90 Å². The number of ether oxygens (including phenoxy) is 2. The first-order valence-electron chi connectivity index (χ1n) is 15.0. The van der Waals surface area contributed by atoms with Crippen molar-refractivity contribution < 1.29 is 45.4 Å². The highest BCUT2D eigenvalue weighted by Gasteiger charge is 2.48. The number of aryl methyl sites for hydroxylation is 2. The molecule has 0 bridgehead atoms. The van der Waals surface area contributed by atoms with Crippen LogP contribution in [0, 0.1) is 5.92 Å². The first-order chi connectivity index (χ1) is 20.7. The van der Waals surface area contributed by atoms with Gasteiger partial charge in [0.1, 0.15) is 6.10 Å². The fourth-order valence-electron chi connectivity index (χ4n) is 6.54.